The van der Waals surface area contributed by atoms with E-state index in [2.05, 4.69) is 89.9 Å². The normalized spacial score (nSPS) is 11.0. The van der Waals surface area contributed by atoms with Crippen molar-refractivity contribution in [1.82, 2.24) is 4.98 Å². The molecule has 0 radical (unpaired) electrons. The van der Waals surface area contributed by atoms with Crippen LogP contribution in [-0.4, -0.2) is 4.98 Å². The van der Waals surface area contributed by atoms with Gasteiger partial charge in [0.05, 0.1) is 0 Å². The summed E-state index contributed by atoms with van der Waals surface area (Å²) in [7, 11) is -0.574. The standard InChI is InChI=1S/C21H16NP/c1-3-9-18(10-4-1)23(19-11-5-2-6-12-19)21-13-7-8-17-16-22-15-14-20(17)21/h1-16H. The third kappa shape index (κ3) is 2.76. The fourth-order valence-electron chi connectivity index (χ4n) is 2.88. The molecule has 0 aliphatic rings. The van der Waals surface area contributed by atoms with Gasteiger partial charge < -0.3 is 0 Å². The minimum atomic E-state index is -0.574. The van der Waals surface area contributed by atoms with Crippen molar-refractivity contribution in [2.75, 3.05) is 0 Å². The van der Waals surface area contributed by atoms with E-state index < -0.39 is 7.92 Å². The van der Waals surface area contributed by atoms with Crippen molar-refractivity contribution in [3.63, 3.8) is 0 Å². The molecule has 1 aromatic heterocycles. The van der Waals surface area contributed by atoms with Crippen LogP contribution in [0.25, 0.3) is 10.8 Å². The summed E-state index contributed by atoms with van der Waals surface area (Å²) in [6, 6.07) is 30.3. The monoisotopic (exact) mass is 313 g/mol. The first kappa shape index (κ1) is 14.1. The summed E-state index contributed by atoms with van der Waals surface area (Å²) in [5, 5.41) is 6.62. The van der Waals surface area contributed by atoms with Crippen LogP contribution in [-0.2, 0) is 0 Å². The average Bonchev–Trinajstić information content (AvgIpc) is 2.64. The Morgan fingerprint density at radius 1 is 0.609 bits per heavy atom. The topological polar surface area (TPSA) is 12.9 Å². The van der Waals surface area contributed by atoms with E-state index in [1.807, 2.05) is 12.4 Å². The molecule has 0 amide bonds. The second-order valence-corrected chi connectivity index (χ2v) is 7.57. The van der Waals surface area contributed by atoms with Crippen LogP contribution in [0.1, 0.15) is 0 Å². The Morgan fingerprint density at radius 2 is 1.26 bits per heavy atom. The van der Waals surface area contributed by atoms with Crippen molar-refractivity contribution >= 4 is 34.6 Å². The summed E-state index contributed by atoms with van der Waals surface area (Å²) in [6.45, 7) is 0. The van der Waals surface area contributed by atoms with Gasteiger partial charge in [-0.25, -0.2) is 0 Å². The minimum absolute atomic E-state index is 0.574. The Labute approximate surface area is 137 Å². The number of pyridine rings is 1. The van der Waals surface area contributed by atoms with Crippen molar-refractivity contribution in [3.05, 3.63) is 97.3 Å². The molecule has 0 aliphatic heterocycles. The second kappa shape index (κ2) is 6.32. The zero-order chi connectivity index (χ0) is 15.5. The lowest BCUT2D eigenvalue weighted by atomic mass is 10.2. The molecule has 110 valence electrons. The summed E-state index contributed by atoms with van der Waals surface area (Å²) < 4.78 is 0. The van der Waals surface area contributed by atoms with Gasteiger partial charge in [-0.05, 0) is 35.3 Å². The number of fused-ring (bicyclic) bond motifs is 1. The molecule has 0 saturated heterocycles. The Kier molecular flexibility index (Phi) is 3.88. The number of benzene rings is 3. The lowest BCUT2D eigenvalue weighted by molar-refractivity contribution is 1.37. The molecule has 1 heterocycles. The van der Waals surface area contributed by atoms with Crippen LogP contribution in [0.4, 0.5) is 0 Å². The fourth-order valence-corrected chi connectivity index (χ4v) is 5.36. The molecule has 0 bridgehead atoms. The van der Waals surface area contributed by atoms with Crippen LogP contribution in [0.15, 0.2) is 97.3 Å². The number of rotatable bonds is 3. The van der Waals surface area contributed by atoms with Crippen molar-refractivity contribution in [3.8, 4) is 0 Å². The summed E-state index contributed by atoms with van der Waals surface area (Å²) in [6.07, 6.45) is 3.83. The first-order valence-corrected chi connectivity index (χ1v) is 9.00. The SMILES string of the molecule is c1ccc(P(c2ccccc2)c2cccc3cnccc23)cc1. The van der Waals surface area contributed by atoms with Crippen LogP contribution in [0, 0.1) is 0 Å². The van der Waals surface area contributed by atoms with Crippen LogP contribution < -0.4 is 15.9 Å². The third-order valence-corrected chi connectivity index (χ3v) is 6.43. The zero-order valence-electron chi connectivity index (χ0n) is 12.6. The van der Waals surface area contributed by atoms with E-state index in [0.717, 1.165) is 0 Å². The van der Waals surface area contributed by atoms with Gasteiger partial charge in [0.25, 0.3) is 0 Å². The maximum absolute atomic E-state index is 4.27. The van der Waals surface area contributed by atoms with Crippen LogP contribution in [0.2, 0.25) is 0 Å². The van der Waals surface area contributed by atoms with Gasteiger partial charge in [-0.1, -0.05) is 78.9 Å². The average molecular weight is 313 g/mol. The third-order valence-electron chi connectivity index (χ3n) is 3.93. The van der Waals surface area contributed by atoms with Crippen molar-refractivity contribution in [1.29, 1.82) is 0 Å². The Balaban J connectivity index is 1.98. The highest BCUT2D eigenvalue weighted by Crippen LogP contribution is 2.35. The van der Waals surface area contributed by atoms with E-state index in [-0.39, 0.29) is 0 Å². The second-order valence-electron chi connectivity index (χ2n) is 5.38. The van der Waals surface area contributed by atoms with Crippen molar-refractivity contribution in [2.45, 2.75) is 0 Å². The van der Waals surface area contributed by atoms with Gasteiger partial charge in [-0.2, -0.15) is 0 Å². The number of hydrogen-bond acceptors (Lipinski definition) is 1. The molecule has 1 nitrogen and oxygen atoms in total. The molecule has 0 fully saturated rings. The highest BCUT2D eigenvalue weighted by atomic mass is 31.1. The largest absolute Gasteiger partial charge is 0.264 e. The number of aromatic nitrogens is 1. The molecule has 0 spiro atoms. The lowest BCUT2D eigenvalue weighted by Crippen LogP contribution is -2.21. The number of hydrogen-bond donors (Lipinski definition) is 0. The molecule has 2 heteroatoms. The van der Waals surface area contributed by atoms with Gasteiger partial charge in [0.1, 0.15) is 0 Å². The maximum Gasteiger partial charge on any atom is 0.0346 e. The molecule has 0 saturated carbocycles. The molecule has 3 aromatic carbocycles. The van der Waals surface area contributed by atoms with Gasteiger partial charge in [0.15, 0.2) is 0 Å². The van der Waals surface area contributed by atoms with Gasteiger partial charge >= 0.3 is 0 Å². The summed E-state index contributed by atoms with van der Waals surface area (Å²) in [5.41, 5.74) is 0. The molecule has 23 heavy (non-hydrogen) atoms. The predicted octanol–water partition coefficient (Wildman–Crippen LogP) is 3.99. The van der Waals surface area contributed by atoms with E-state index in [1.165, 1.54) is 26.7 Å². The van der Waals surface area contributed by atoms with Crippen LogP contribution in [0.5, 0.6) is 0 Å². The van der Waals surface area contributed by atoms with Gasteiger partial charge in [-0.3, -0.25) is 4.98 Å². The van der Waals surface area contributed by atoms with E-state index in [0.29, 0.717) is 0 Å². The van der Waals surface area contributed by atoms with Gasteiger partial charge in [0, 0.05) is 17.8 Å². The molecule has 0 atom stereocenters. The summed E-state index contributed by atoms with van der Waals surface area (Å²) >= 11 is 0. The van der Waals surface area contributed by atoms with Crippen molar-refractivity contribution in [2.24, 2.45) is 0 Å². The number of nitrogens with zero attached hydrogens (tertiary/aromatic N) is 1. The first-order valence-electron chi connectivity index (χ1n) is 7.66. The molecule has 0 aliphatic carbocycles. The molecule has 4 rings (SSSR count). The molecule has 4 aromatic rings. The Bertz CT molecular complexity index is 875. The highest BCUT2D eigenvalue weighted by molar-refractivity contribution is 7.80. The zero-order valence-corrected chi connectivity index (χ0v) is 13.5. The Hall–Kier alpha value is -2.50. The molecular weight excluding hydrogens is 297 g/mol. The minimum Gasteiger partial charge on any atom is -0.264 e. The quantitative estimate of drug-likeness (QED) is 0.521. The first-order chi connectivity index (χ1) is 11.4. The highest BCUT2D eigenvalue weighted by Gasteiger charge is 2.18. The fraction of sp³-hybridized carbons (Fsp3) is 0. The smallest absolute Gasteiger partial charge is 0.0346 e. The van der Waals surface area contributed by atoms with Crippen LogP contribution in [0.3, 0.4) is 0 Å². The van der Waals surface area contributed by atoms with Crippen LogP contribution >= 0.6 is 7.92 Å². The predicted molar refractivity (Wildman–Crippen MR) is 100 cm³/mol. The van der Waals surface area contributed by atoms with Gasteiger partial charge in [-0.15, -0.1) is 0 Å². The molecular formula is C21H16NP. The van der Waals surface area contributed by atoms with E-state index >= 15 is 0 Å². The van der Waals surface area contributed by atoms with Gasteiger partial charge in [0.2, 0.25) is 0 Å². The molecule has 0 unspecified atom stereocenters. The lowest BCUT2D eigenvalue weighted by Gasteiger charge is -2.21. The maximum atomic E-state index is 4.27. The van der Waals surface area contributed by atoms with E-state index in [9.17, 15) is 0 Å². The van der Waals surface area contributed by atoms with E-state index in [4.69, 9.17) is 0 Å². The van der Waals surface area contributed by atoms with Crippen molar-refractivity contribution < 1.29 is 0 Å². The summed E-state index contributed by atoms with van der Waals surface area (Å²) in [4.78, 5) is 4.27. The Morgan fingerprint density at radius 3 is 1.91 bits per heavy atom. The molecule has 0 N–H and O–H groups in total. The van der Waals surface area contributed by atoms with E-state index in [1.54, 1.807) is 0 Å². The summed E-state index contributed by atoms with van der Waals surface area (Å²) in [5.74, 6) is 0.